The molecule has 0 atom stereocenters. The van der Waals surface area contributed by atoms with Crippen LogP contribution in [-0.4, -0.2) is 26.9 Å². The summed E-state index contributed by atoms with van der Waals surface area (Å²) < 4.78 is 7.44. The van der Waals surface area contributed by atoms with Crippen molar-refractivity contribution < 1.29 is 4.74 Å². The lowest BCUT2D eigenvalue weighted by atomic mass is 10.0. The number of aryl methyl sites for hydroxylation is 1. The van der Waals surface area contributed by atoms with Crippen LogP contribution in [0.2, 0.25) is 0 Å². The monoisotopic (exact) mass is 380 g/mol. The topological polar surface area (TPSA) is 55.7 Å². The molecule has 0 radical (unpaired) electrons. The van der Waals surface area contributed by atoms with Crippen LogP contribution in [0.3, 0.4) is 0 Å². The maximum atomic E-state index is 5.31. The van der Waals surface area contributed by atoms with Gasteiger partial charge in [-0.25, -0.2) is 4.98 Å². The first-order valence-corrected chi connectivity index (χ1v) is 9.46. The van der Waals surface area contributed by atoms with Crippen LogP contribution in [0.1, 0.15) is 0 Å². The molecule has 0 amide bonds. The quantitative estimate of drug-likeness (QED) is 0.460. The number of aromatic amines is 1. The van der Waals surface area contributed by atoms with Crippen molar-refractivity contribution in [3.63, 3.8) is 0 Å². The number of H-pyrrole nitrogens is 1. The number of benzene rings is 3. The van der Waals surface area contributed by atoms with E-state index in [1.807, 2.05) is 67.7 Å². The molecule has 142 valence electrons. The molecule has 0 aliphatic heterocycles. The van der Waals surface area contributed by atoms with Crippen LogP contribution in [-0.2, 0) is 7.05 Å². The van der Waals surface area contributed by atoms with Crippen LogP contribution in [0.15, 0.2) is 78.9 Å². The zero-order chi connectivity index (χ0) is 19.8. The second-order valence-corrected chi connectivity index (χ2v) is 6.90. The molecule has 0 saturated heterocycles. The average Bonchev–Trinajstić information content (AvgIpc) is 3.36. The van der Waals surface area contributed by atoms with E-state index in [9.17, 15) is 0 Å². The van der Waals surface area contributed by atoms with E-state index in [4.69, 9.17) is 9.72 Å². The first-order valence-electron chi connectivity index (χ1n) is 9.46. The minimum Gasteiger partial charge on any atom is -0.497 e. The number of aromatic nitrogens is 4. The van der Waals surface area contributed by atoms with E-state index in [1.54, 1.807) is 7.11 Å². The Kier molecular flexibility index (Phi) is 4.13. The largest absolute Gasteiger partial charge is 0.497 e. The lowest BCUT2D eigenvalue weighted by Gasteiger charge is -2.08. The van der Waals surface area contributed by atoms with Gasteiger partial charge in [0.15, 0.2) is 0 Å². The van der Waals surface area contributed by atoms with Gasteiger partial charge in [0.1, 0.15) is 17.3 Å². The molecule has 5 rings (SSSR count). The first-order chi connectivity index (χ1) is 14.3. The molecule has 0 saturated carbocycles. The summed E-state index contributed by atoms with van der Waals surface area (Å²) in [7, 11) is 3.72. The summed E-state index contributed by atoms with van der Waals surface area (Å²) >= 11 is 0. The van der Waals surface area contributed by atoms with Crippen molar-refractivity contribution in [2.75, 3.05) is 7.11 Å². The van der Waals surface area contributed by atoms with Gasteiger partial charge in [-0.2, -0.15) is 5.10 Å². The maximum Gasteiger partial charge on any atom is 0.145 e. The lowest BCUT2D eigenvalue weighted by molar-refractivity contribution is 0.415. The molecule has 5 aromatic rings. The second kappa shape index (κ2) is 6.95. The second-order valence-electron chi connectivity index (χ2n) is 6.90. The Hall–Kier alpha value is -3.86. The van der Waals surface area contributed by atoms with E-state index in [1.165, 1.54) is 0 Å². The van der Waals surface area contributed by atoms with Gasteiger partial charge < -0.3 is 9.30 Å². The number of imidazole rings is 1. The van der Waals surface area contributed by atoms with Crippen molar-refractivity contribution in [2.24, 2.45) is 7.05 Å². The number of hydrogen-bond donors (Lipinski definition) is 1. The third-order valence-electron chi connectivity index (χ3n) is 5.20. The fraction of sp³-hybridized carbons (Fsp3) is 0.0833. The number of para-hydroxylation sites is 2. The van der Waals surface area contributed by atoms with Crippen LogP contribution in [0, 0.1) is 0 Å². The number of rotatable bonds is 4. The molecule has 2 aromatic heterocycles. The highest BCUT2D eigenvalue weighted by molar-refractivity contribution is 5.92. The third-order valence-corrected chi connectivity index (χ3v) is 5.20. The van der Waals surface area contributed by atoms with Crippen molar-refractivity contribution in [3.8, 4) is 39.7 Å². The molecule has 3 aromatic carbocycles. The highest BCUT2D eigenvalue weighted by atomic mass is 16.5. The number of methoxy groups -OCH3 is 1. The van der Waals surface area contributed by atoms with Crippen LogP contribution in [0.25, 0.3) is 44.9 Å². The van der Waals surface area contributed by atoms with E-state index >= 15 is 0 Å². The van der Waals surface area contributed by atoms with Crippen LogP contribution in [0.4, 0.5) is 0 Å². The van der Waals surface area contributed by atoms with Gasteiger partial charge in [0.25, 0.3) is 0 Å². The minimum absolute atomic E-state index is 0.820. The summed E-state index contributed by atoms with van der Waals surface area (Å²) in [5, 5.41) is 7.94. The zero-order valence-electron chi connectivity index (χ0n) is 16.3. The van der Waals surface area contributed by atoms with Gasteiger partial charge in [-0.15, -0.1) is 0 Å². The Morgan fingerprint density at radius 3 is 2.28 bits per heavy atom. The molecule has 0 aliphatic carbocycles. The van der Waals surface area contributed by atoms with Crippen LogP contribution in [0.5, 0.6) is 5.75 Å². The summed E-state index contributed by atoms with van der Waals surface area (Å²) in [6, 6.07) is 26.3. The van der Waals surface area contributed by atoms with Gasteiger partial charge in [0.05, 0.1) is 29.4 Å². The fourth-order valence-corrected chi connectivity index (χ4v) is 3.70. The van der Waals surface area contributed by atoms with Gasteiger partial charge in [-0.3, -0.25) is 5.10 Å². The van der Waals surface area contributed by atoms with Gasteiger partial charge in [-0.1, -0.05) is 42.5 Å². The highest BCUT2D eigenvalue weighted by Gasteiger charge is 2.22. The van der Waals surface area contributed by atoms with E-state index in [0.717, 1.165) is 50.7 Å². The number of ether oxygens (including phenoxy) is 1. The first kappa shape index (κ1) is 17.3. The van der Waals surface area contributed by atoms with E-state index < -0.39 is 0 Å². The third kappa shape index (κ3) is 2.88. The number of fused-ring (bicyclic) bond motifs is 1. The molecule has 0 aliphatic rings. The normalized spacial score (nSPS) is 11.1. The van der Waals surface area contributed by atoms with Crippen molar-refractivity contribution in [3.05, 3.63) is 78.9 Å². The van der Waals surface area contributed by atoms with Gasteiger partial charge in [-0.05, 0) is 36.4 Å². The molecule has 5 heteroatoms. The van der Waals surface area contributed by atoms with Crippen molar-refractivity contribution >= 4 is 11.0 Å². The number of nitrogens with zero attached hydrogens (tertiary/aromatic N) is 3. The molecular formula is C24H20N4O. The van der Waals surface area contributed by atoms with Gasteiger partial charge in [0, 0.05) is 18.2 Å². The zero-order valence-corrected chi connectivity index (χ0v) is 16.3. The Bertz CT molecular complexity index is 1280. The summed E-state index contributed by atoms with van der Waals surface area (Å²) in [5.41, 5.74) is 6.93. The maximum absolute atomic E-state index is 5.31. The molecule has 0 fully saturated rings. The molecule has 0 unspecified atom stereocenters. The van der Waals surface area contributed by atoms with E-state index in [-0.39, 0.29) is 0 Å². The van der Waals surface area contributed by atoms with Crippen molar-refractivity contribution in [1.29, 1.82) is 0 Å². The predicted octanol–water partition coefficient (Wildman–Crippen LogP) is 5.31. The molecule has 0 spiro atoms. The Balaban J connectivity index is 1.78. The van der Waals surface area contributed by atoms with E-state index in [0.29, 0.717) is 0 Å². The number of hydrogen-bond acceptors (Lipinski definition) is 3. The summed E-state index contributed by atoms with van der Waals surface area (Å²) in [4.78, 5) is 4.94. The fourth-order valence-electron chi connectivity index (χ4n) is 3.70. The Morgan fingerprint density at radius 1 is 0.828 bits per heavy atom. The Labute approximate surface area is 168 Å². The molecule has 1 N–H and O–H groups in total. The minimum atomic E-state index is 0.820. The standard InChI is InChI=1S/C24H20N4O/c1-28-20-11-7-6-10-19(20)25-24(28)21-22(16-8-4-3-5-9-16)26-27-23(21)17-12-14-18(29-2)15-13-17/h3-15H,1-2H3,(H,26,27). The molecular weight excluding hydrogens is 360 g/mol. The van der Waals surface area contributed by atoms with Gasteiger partial charge in [0.2, 0.25) is 0 Å². The molecule has 29 heavy (non-hydrogen) atoms. The number of nitrogens with one attached hydrogen (secondary N) is 1. The van der Waals surface area contributed by atoms with Crippen LogP contribution >= 0.6 is 0 Å². The smallest absolute Gasteiger partial charge is 0.145 e. The lowest BCUT2D eigenvalue weighted by Crippen LogP contribution is -1.95. The van der Waals surface area contributed by atoms with Gasteiger partial charge >= 0.3 is 0 Å². The summed E-state index contributed by atoms with van der Waals surface area (Å²) in [5.74, 6) is 1.70. The van der Waals surface area contributed by atoms with Crippen molar-refractivity contribution in [2.45, 2.75) is 0 Å². The predicted molar refractivity (Wildman–Crippen MR) is 116 cm³/mol. The highest BCUT2D eigenvalue weighted by Crippen LogP contribution is 2.39. The molecule has 2 heterocycles. The van der Waals surface area contributed by atoms with E-state index in [2.05, 4.69) is 33.0 Å². The summed E-state index contributed by atoms with van der Waals surface area (Å²) in [6.07, 6.45) is 0. The molecule has 5 nitrogen and oxygen atoms in total. The summed E-state index contributed by atoms with van der Waals surface area (Å²) in [6.45, 7) is 0. The Morgan fingerprint density at radius 2 is 1.55 bits per heavy atom. The van der Waals surface area contributed by atoms with Crippen molar-refractivity contribution in [1.82, 2.24) is 19.7 Å². The van der Waals surface area contributed by atoms with Crippen LogP contribution < -0.4 is 4.74 Å². The molecule has 0 bridgehead atoms. The SMILES string of the molecule is COc1ccc(-c2[nH]nc(-c3ccccc3)c2-c2nc3ccccc3n2C)cc1. The average molecular weight is 380 g/mol.